The summed E-state index contributed by atoms with van der Waals surface area (Å²) >= 11 is 1.90. The molecular formula is C10H10INO. The van der Waals surface area contributed by atoms with Gasteiger partial charge in [0.1, 0.15) is 5.75 Å². The molecular weight excluding hydrogens is 277 g/mol. The van der Waals surface area contributed by atoms with Crippen molar-refractivity contribution in [3.8, 4) is 5.75 Å². The van der Waals surface area contributed by atoms with Crippen molar-refractivity contribution < 1.29 is 3.07 Å². The second-order valence-corrected chi connectivity index (χ2v) is 3.34. The van der Waals surface area contributed by atoms with Crippen molar-refractivity contribution in [3.63, 3.8) is 0 Å². The number of hydrogen-bond donors (Lipinski definition) is 0. The molecule has 0 saturated carbocycles. The third-order valence-electron chi connectivity index (χ3n) is 2.17. The van der Waals surface area contributed by atoms with Crippen molar-refractivity contribution >= 4 is 33.9 Å². The Kier molecular flexibility index (Phi) is 2.44. The van der Waals surface area contributed by atoms with Crippen molar-refractivity contribution in [3.05, 3.63) is 30.5 Å². The van der Waals surface area contributed by atoms with Crippen LogP contribution in [-0.4, -0.2) is 4.57 Å². The molecule has 2 rings (SSSR count). The number of benzene rings is 1. The van der Waals surface area contributed by atoms with Crippen LogP contribution in [-0.2, 0) is 6.54 Å². The topological polar surface area (TPSA) is 14.2 Å². The summed E-state index contributed by atoms with van der Waals surface area (Å²) in [4.78, 5) is 0. The lowest BCUT2D eigenvalue weighted by Gasteiger charge is -2.01. The van der Waals surface area contributed by atoms with Crippen molar-refractivity contribution in [2.24, 2.45) is 0 Å². The van der Waals surface area contributed by atoms with E-state index in [0.29, 0.717) is 0 Å². The molecule has 0 fully saturated rings. The Morgan fingerprint density at radius 2 is 2.23 bits per heavy atom. The maximum absolute atomic E-state index is 5.13. The number of aromatic nitrogens is 1. The number of nitrogens with zero attached hydrogens (tertiary/aromatic N) is 1. The highest BCUT2D eigenvalue weighted by Gasteiger charge is 2.00. The van der Waals surface area contributed by atoms with Crippen molar-refractivity contribution in [2.75, 3.05) is 0 Å². The van der Waals surface area contributed by atoms with Crippen LogP contribution in [0.2, 0.25) is 0 Å². The molecule has 3 heteroatoms. The molecule has 0 aliphatic rings. The SMILES string of the molecule is CCn1ccc2cc(OI)ccc21. The first-order valence-electron chi connectivity index (χ1n) is 4.22. The molecule has 0 radical (unpaired) electrons. The van der Waals surface area contributed by atoms with E-state index in [-0.39, 0.29) is 0 Å². The van der Waals surface area contributed by atoms with Gasteiger partial charge in [0.05, 0.1) is 0 Å². The van der Waals surface area contributed by atoms with E-state index in [1.165, 1.54) is 10.9 Å². The standard InChI is InChI=1S/C10H10INO/c1-2-12-6-5-8-7-9(13-11)3-4-10(8)12/h3-7H,2H2,1H3. The quantitative estimate of drug-likeness (QED) is 0.772. The van der Waals surface area contributed by atoms with E-state index < -0.39 is 0 Å². The van der Waals surface area contributed by atoms with E-state index in [4.69, 9.17) is 3.07 Å². The number of fused-ring (bicyclic) bond motifs is 1. The van der Waals surface area contributed by atoms with Crippen molar-refractivity contribution in [1.29, 1.82) is 0 Å². The minimum absolute atomic E-state index is 0.905. The van der Waals surface area contributed by atoms with Gasteiger partial charge in [0.2, 0.25) is 0 Å². The first-order chi connectivity index (χ1) is 6.35. The van der Waals surface area contributed by atoms with Crippen LogP contribution in [0.1, 0.15) is 6.92 Å². The zero-order chi connectivity index (χ0) is 9.26. The maximum atomic E-state index is 5.13. The van der Waals surface area contributed by atoms with Crippen LogP contribution in [0.15, 0.2) is 30.5 Å². The van der Waals surface area contributed by atoms with Gasteiger partial charge in [0.15, 0.2) is 23.0 Å². The fourth-order valence-corrected chi connectivity index (χ4v) is 1.78. The Balaban J connectivity index is 2.61. The van der Waals surface area contributed by atoms with Crippen LogP contribution in [0, 0.1) is 0 Å². The maximum Gasteiger partial charge on any atom is 0.192 e. The van der Waals surface area contributed by atoms with E-state index in [0.717, 1.165) is 12.3 Å². The summed E-state index contributed by atoms with van der Waals surface area (Å²) in [6.07, 6.45) is 2.10. The van der Waals surface area contributed by atoms with Crippen LogP contribution in [0.25, 0.3) is 10.9 Å². The minimum Gasteiger partial charge on any atom is -0.428 e. The zero-order valence-electron chi connectivity index (χ0n) is 7.33. The number of rotatable bonds is 2. The summed E-state index contributed by atoms with van der Waals surface area (Å²) in [5.41, 5.74) is 1.26. The Morgan fingerprint density at radius 3 is 2.92 bits per heavy atom. The van der Waals surface area contributed by atoms with Gasteiger partial charge in [-0.15, -0.1) is 0 Å². The fraction of sp³-hybridized carbons (Fsp3) is 0.200. The van der Waals surface area contributed by atoms with Crippen LogP contribution in [0.4, 0.5) is 0 Å². The molecule has 0 amide bonds. The normalized spacial score (nSPS) is 10.6. The number of halogens is 1. The third-order valence-corrected chi connectivity index (χ3v) is 2.68. The summed E-state index contributed by atoms with van der Waals surface area (Å²) in [6, 6.07) is 8.24. The lowest BCUT2D eigenvalue weighted by molar-refractivity contribution is 0.718. The van der Waals surface area contributed by atoms with Crippen LogP contribution in [0.3, 0.4) is 0 Å². The molecule has 68 valence electrons. The Labute approximate surface area is 91.2 Å². The average Bonchev–Trinajstić information content (AvgIpc) is 2.59. The number of aryl methyl sites for hydroxylation is 1. The molecule has 0 unspecified atom stereocenters. The van der Waals surface area contributed by atoms with Gasteiger partial charge in [-0.25, -0.2) is 0 Å². The van der Waals surface area contributed by atoms with Gasteiger partial charge in [0, 0.05) is 23.6 Å². The molecule has 0 aliphatic carbocycles. The van der Waals surface area contributed by atoms with Gasteiger partial charge in [-0.1, -0.05) is 0 Å². The second-order valence-electron chi connectivity index (χ2n) is 2.90. The molecule has 2 nitrogen and oxygen atoms in total. The van der Waals surface area contributed by atoms with Gasteiger partial charge in [0.25, 0.3) is 0 Å². The third kappa shape index (κ3) is 1.52. The van der Waals surface area contributed by atoms with Crippen LogP contribution in [0.5, 0.6) is 5.75 Å². The predicted octanol–water partition coefficient (Wildman–Crippen LogP) is 3.39. The molecule has 13 heavy (non-hydrogen) atoms. The van der Waals surface area contributed by atoms with Gasteiger partial charge in [-0.2, -0.15) is 0 Å². The molecule has 1 heterocycles. The summed E-state index contributed by atoms with van der Waals surface area (Å²) in [5.74, 6) is 0.905. The lowest BCUT2D eigenvalue weighted by Crippen LogP contribution is -1.89. The average molecular weight is 287 g/mol. The molecule has 2 aromatic rings. The monoisotopic (exact) mass is 287 g/mol. The Morgan fingerprint density at radius 1 is 1.38 bits per heavy atom. The van der Waals surface area contributed by atoms with Crippen LogP contribution < -0.4 is 3.07 Å². The smallest absolute Gasteiger partial charge is 0.192 e. The van der Waals surface area contributed by atoms with Crippen molar-refractivity contribution in [1.82, 2.24) is 4.57 Å². The van der Waals surface area contributed by atoms with Crippen molar-refractivity contribution in [2.45, 2.75) is 13.5 Å². The second kappa shape index (κ2) is 3.57. The molecule has 1 aromatic carbocycles. The molecule has 0 N–H and O–H groups in total. The molecule has 1 aromatic heterocycles. The highest BCUT2D eigenvalue weighted by atomic mass is 127. The fourth-order valence-electron chi connectivity index (χ4n) is 1.50. The van der Waals surface area contributed by atoms with E-state index in [1.54, 1.807) is 0 Å². The summed E-state index contributed by atoms with van der Waals surface area (Å²) in [5, 5.41) is 1.23. The Hall–Kier alpha value is -0.710. The van der Waals surface area contributed by atoms with Gasteiger partial charge >= 0.3 is 0 Å². The van der Waals surface area contributed by atoms with Gasteiger partial charge in [-0.3, -0.25) is 0 Å². The van der Waals surface area contributed by atoms with Gasteiger partial charge < -0.3 is 7.63 Å². The Bertz CT molecular complexity index is 422. The summed E-state index contributed by atoms with van der Waals surface area (Å²) in [6.45, 7) is 3.15. The predicted molar refractivity (Wildman–Crippen MR) is 62.3 cm³/mol. The first-order valence-corrected chi connectivity index (χ1v) is 5.10. The van der Waals surface area contributed by atoms with E-state index >= 15 is 0 Å². The molecule has 0 atom stereocenters. The summed E-state index contributed by atoms with van der Waals surface area (Å²) < 4.78 is 7.34. The largest absolute Gasteiger partial charge is 0.428 e. The zero-order valence-corrected chi connectivity index (χ0v) is 9.48. The minimum atomic E-state index is 0.905. The molecule has 0 spiro atoms. The highest BCUT2D eigenvalue weighted by Crippen LogP contribution is 2.22. The van der Waals surface area contributed by atoms with E-state index in [2.05, 4.69) is 29.8 Å². The molecule has 0 saturated heterocycles. The molecule has 0 bridgehead atoms. The first kappa shape index (κ1) is 8.87. The van der Waals surface area contributed by atoms with E-state index in [1.807, 2.05) is 35.1 Å². The van der Waals surface area contributed by atoms with Crippen LogP contribution >= 0.6 is 23.0 Å². The van der Waals surface area contributed by atoms with Gasteiger partial charge in [-0.05, 0) is 31.2 Å². The highest BCUT2D eigenvalue weighted by molar-refractivity contribution is 14.1. The summed E-state index contributed by atoms with van der Waals surface area (Å²) in [7, 11) is 0. The lowest BCUT2D eigenvalue weighted by atomic mass is 10.2. The number of hydrogen-bond acceptors (Lipinski definition) is 1. The molecule has 0 aliphatic heterocycles. The van der Waals surface area contributed by atoms with E-state index in [9.17, 15) is 0 Å².